The lowest BCUT2D eigenvalue weighted by atomic mass is 9.86. The van der Waals surface area contributed by atoms with Crippen LogP contribution in [-0.2, 0) is 33.3 Å². The van der Waals surface area contributed by atoms with E-state index in [4.69, 9.17) is 18.9 Å². The fourth-order valence-corrected chi connectivity index (χ4v) is 3.77. The second-order valence-electron chi connectivity index (χ2n) is 8.11. The molecule has 3 atom stereocenters. The van der Waals surface area contributed by atoms with Crippen molar-refractivity contribution in [2.75, 3.05) is 21.3 Å². The number of aliphatic hydroxyl groups is 1. The second kappa shape index (κ2) is 9.62. The minimum absolute atomic E-state index is 0.131. The molecule has 2 aliphatic heterocycles. The van der Waals surface area contributed by atoms with E-state index in [0.29, 0.717) is 6.42 Å². The number of esters is 2. The summed E-state index contributed by atoms with van der Waals surface area (Å²) in [6, 6.07) is 0. The van der Waals surface area contributed by atoms with E-state index < -0.39 is 23.3 Å². The average Bonchev–Trinajstić information content (AvgIpc) is 3.05. The van der Waals surface area contributed by atoms with Crippen LogP contribution in [0.4, 0.5) is 0 Å². The molecule has 2 unspecified atom stereocenters. The predicted molar refractivity (Wildman–Crippen MR) is 112 cm³/mol. The van der Waals surface area contributed by atoms with Crippen LogP contribution in [0.5, 0.6) is 0 Å². The number of ketones is 1. The second-order valence-corrected chi connectivity index (χ2v) is 8.11. The van der Waals surface area contributed by atoms with Gasteiger partial charge in [0.05, 0.1) is 19.8 Å². The average molecular weight is 434 g/mol. The topological polar surface area (TPSA) is 108 Å². The van der Waals surface area contributed by atoms with Gasteiger partial charge < -0.3 is 24.1 Å². The number of hydrogen-bond donors (Lipinski definition) is 1. The summed E-state index contributed by atoms with van der Waals surface area (Å²) in [6.45, 7) is 7.28. The quantitative estimate of drug-likeness (QED) is 0.531. The fourth-order valence-electron chi connectivity index (χ4n) is 3.77. The van der Waals surface area contributed by atoms with Gasteiger partial charge in [-0.15, -0.1) is 0 Å². The third-order valence-corrected chi connectivity index (χ3v) is 5.42. The number of rotatable bonds is 4. The van der Waals surface area contributed by atoms with Crippen molar-refractivity contribution in [2.45, 2.75) is 50.9 Å². The Morgan fingerprint density at radius 2 is 1.87 bits per heavy atom. The zero-order valence-corrected chi connectivity index (χ0v) is 18.6. The molecule has 2 bridgehead atoms. The van der Waals surface area contributed by atoms with E-state index >= 15 is 0 Å². The monoisotopic (exact) mass is 434 g/mol. The number of hydrogen-bond acceptors (Lipinski definition) is 8. The zero-order valence-electron chi connectivity index (χ0n) is 18.6. The van der Waals surface area contributed by atoms with Crippen LogP contribution >= 0.6 is 0 Å². The predicted octanol–water partition coefficient (Wildman–Crippen LogP) is 2.53. The Labute approximate surface area is 182 Å². The Bertz CT molecular complexity index is 861. The first-order chi connectivity index (χ1) is 14.5. The summed E-state index contributed by atoms with van der Waals surface area (Å²) >= 11 is 0. The van der Waals surface area contributed by atoms with E-state index in [2.05, 4.69) is 6.58 Å². The van der Waals surface area contributed by atoms with Crippen LogP contribution < -0.4 is 0 Å². The van der Waals surface area contributed by atoms with Gasteiger partial charge in [-0.05, 0) is 38.3 Å². The van der Waals surface area contributed by atoms with Gasteiger partial charge in [-0.3, -0.25) is 4.79 Å². The Kier molecular flexibility index (Phi) is 7.62. The van der Waals surface area contributed by atoms with Crippen molar-refractivity contribution < 1.29 is 38.4 Å². The standard InChI is InChI=1S/C23H30O8/c1-14(2)16-8-7-15(20(25)28-4)9-17(24)12-22(3,27)13-18-10-19(21(26)29-5)23(11-16,30-6)31-18/h7,10,13,16,27H,1,8-9,11-12H2,2-6H3/b15-7+,18-13?/t16-,22?,23?/m0/s1. The molecule has 0 spiro atoms. The normalized spacial score (nSPS) is 30.8. The van der Waals surface area contributed by atoms with Gasteiger partial charge >= 0.3 is 11.9 Å². The van der Waals surface area contributed by atoms with Crippen molar-refractivity contribution in [2.24, 2.45) is 5.92 Å². The number of fused-ring (bicyclic) bond motifs is 2. The van der Waals surface area contributed by atoms with E-state index in [9.17, 15) is 19.5 Å². The Morgan fingerprint density at radius 3 is 2.42 bits per heavy atom. The fraction of sp³-hybridized carbons (Fsp3) is 0.522. The van der Waals surface area contributed by atoms with Gasteiger partial charge in [0.1, 0.15) is 17.1 Å². The summed E-state index contributed by atoms with van der Waals surface area (Å²) in [6.07, 6.45) is 4.52. The largest absolute Gasteiger partial charge is 0.466 e. The van der Waals surface area contributed by atoms with Gasteiger partial charge in [-0.2, -0.15) is 0 Å². The van der Waals surface area contributed by atoms with Crippen molar-refractivity contribution in [1.29, 1.82) is 0 Å². The highest BCUT2D eigenvalue weighted by Gasteiger charge is 2.48. The van der Waals surface area contributed by atoms with E-state index in [1.165, 1.54) is 40.4 Å². The molecule has 0 aromatic carbocycles. The summed E-state index contributed by atoms with van der Waals surface area (Å²) < 4.78 is 21.4. The van der Waals surface area contributed by atoms with E-state index in [1.54, 1.807) is 6.08 Å². The number of ether oxygens (including phenoxy) is 4. The van der Waals surface area contributed by atoms with Crippen LogP contribution in [0.1, 0.15) is 39.5 Å². The molecule has 1 N–H and O–H groups in total. The lowest BCUT2D eigenvalue weighted by Crippen LogP contribution is -2.39. The Hall–Kier alpha value is -2.71. The van der Waals surface area contributed by atoms with E-state index in [-0.39, 0.29) is 47.9 Å². The van der Waals surface area contributed by atoms with Crippen LogP contribution in [0.25, 0.3) is 0 Å². The van der Waals surface area contributed by atoms with E-state index in [0.717, 1.165) is 5.57 Å². The molecular weight excluding hydrogens is 404 g/mol. The minimum Gasteiger partial charge on any atom is -0.466 e. The number of allylic oxidation sites excluding steroid dienone is 3. The third-order valence-electron chi connectivity index (χ3n) is 5.42. The Morgan fingerprint density at radius 1 is 1.23 bits per heavy atom. The highest BCUT2D eigenvalue weighted by atomic mass is 16.7. The summed E-state index contributed by atoms with van der Waals surface area (Å²) in [5.41, 5.74) is -0.485. The highest BCUT2D eigenvalue weighted by molar-refractivity contribution is 5.96. The number of carbonyl (C=O) groups is 3. The Balaban J connectivity index is 2.63. The van der Waals surface area contributed by atoms with Crippen LogP contribution in [0.3, 0.4) is 0 Å². The van der Waals surface area contributed by atoms with Crippen molar-refractivity contribution in [1.82, 2.24) is 0 Å². The number of carbonyl (C=O) groups excluding carboxylic acids is 3. The van der Waals surface area contributed by atoms with Crippen molar-refractivity contribution in [3.8, 4) is 0 Å². The van der Waals surface area contributed by atoms with Crippen LogP contribution in [-0.4, -0.2) is 55.5 Å². The first kappa shape index (κ1) is 24.6. The molecule has 2 rings (SSSR count). The van der Waals surface area contributed by atoms with Gasteiger partial charge in [0, 0.05) is 31.9 Å². The van der Waals surface area contributed by atoms with Crippen molar-refractivity contribution >= 4 is 17.7 Å². The minimum atomic E-state index is -1.59. The maximum Gasteiger partial charge on any atom is 0.340 e. The zero-order chi connectivity index (χ0) is 23.4. The smallest absolute Gasteiger partial charge is 0.340 e. The first-order valence-corrected chi connectivity index (χ1v) is 9.91. The summed E-state index contributed by atoms with van der Waals surface area (Å²) in [5, 5.41) is 10.8. The molecule has 0 radical (unpaired) electrons. The molecule has 8 heteroatoms. The van der Waals surface area contributed by atoms with Crippen molar-refractivity contribution in [3.05, 3.63) is 47.3 Å². The SMILES string of the molecule is C=C(C)[C@H]1C/C=C(/C(=O)OC)CC(=O)CC(C)(O)C=C2C=C(C(=O)OC)C(OC)(C1)O2. The lowest BCUT2D eigenvalue weighted by Gasteiger charge is -2.33. The summed E-state index contributed by atoms with van der Waals surface area (Å²) in [5.74, 6) is -3.16. The molecule has 0 amide bonds. The molecular formula is C23H30O8. The molecule has 0 aromatic rings. The van der Waals surface area contributed by atoms with Gasteiger partial charge in [0.25, 0.3) is 0 Å². The highest BCUT2D eigenvalue weighted by Crippen LogP contribution is 2.42. The van der Waals surface area contributed by atoms with Crippen LogP contribution in [0, 0.1) is 5.92 Å². The van der Waals surface area contributed by atoms with E-state index in [1.807, 2.05) is 6.92 Å². The molecule has 0 fully saturated rings. The molecule has 2 aliphatic rings. The summed E-state index contributed by atoms with van der Waals surface area (Å²) in [7, 11) is 3.90. The molecule has 0 aliphatic carbocycles. The summed E-state index contributed by atoms with van der Waals surface area (Å²) in [4.78, 5) is 37.3. The molecule has 0 aromatic heterocycles. The van der Waals surface area contributed by atoms with Gasteiger partial charge in [-0.1, -0.05) is 18.2 Å². The van der Waals surface area contributed by atoms with Crippen LogP contribution in [0.15, 0.2) is 47.3 Å². The molecule has 31 heavy (non-hydrogen) atoms. The van der Waals surface area contributed by atoms with Gasteiger partial charge in [0.2, 0.25) is 5.79 Å². The van der Waals surface area contributed by atoms with Gasteiger partial charge in [-0.25, -0.2) is 9.59 Å². The molecule has 8 nitrogen and oxygen atoms in total. The third kappa shape index (κ3) is 5.71. The van der Waals surface area contributed by atoms with Crippen LogP contribution in [0.2, 0.25) is 0 Å². The molecule has 170 valence electrons. The maximum absolute atomic E-state index is 12.6. The lowest BCUT2D eigenvalue weighted by molar-refractivity contribution is -0.178. The molecule has 0 saturated carbocycles. The first-order valence-electron chi connectivity index (χ1n) is 9.91. The maximum atomic E-state index is 12.6. The van der Waals surface area contributed by atoms with Crippen molar-refractivity contribution in [3.63, 3.8) is 0 Å². The molecule has 2 heterocycles. The number of methoxy groups -OCH3 is 3. The van der Waals surface area contributed by atoms with Gasteiger partial charge in [0.15, 0.2) is 0 Å². The number of Topliss-reactive ketones (excluding diaryl/α,β-unsaturated/α-hetero) is 1. The molecule has 0 saturated heterocycles.